The first kappa shape index (κ1) is 43.2. The van der Waals surface area contributed by atoms with Crippen molar-refractivity contribution in [3.05, 3.63) is 12.2 Å². The summed E-state index contributed by atoms with van der Waals surface area (Å²) in [7, 11) is 0. The summed E-state index contributed by atoms with van der Waals surface area (Å²) >= 11 is 0. The van der Waals surface area contributed by atoms with E-state index in [1.165, 1.54) is 218 Å². The zero-order chi connectivity index (χ0) is 31.9. The molecule has 0 aliphatic heterocycles. The molecule has 0 saturated carbocycles. The van der Waals surface area contributed by atoms with E-state index in [0.29, 0.717) is 6.61 Å². The van der Waals surface area contributed by atoms with Gasteiger partial charge in [-0.3, -0.25) is 0 Å². The van der Waals surface area contributed by atoms with Crippen molar-refractivity contribution in [3.8, 4) is 0 Å². The topological polar surface area (TPSA) is 26.3 Å². The van der Waals surface area contributed by atoms with Crippen LogP contribution >= 0.6 is 0 Å². The highest BCUT2D eigenvalue weighted by Crippen LogP contribution is 2.16. The molecule has 0 aliphatic rings. The molecule has 2 nitrogen and oxygen atoms in total. The summed E-state index contributed by atoms with van der Waals surface area (Å²) in [6.45, 7) is 5.17. The average Bonchev–Trinajstić information content (AvgIpc) is 3.03. The average molecular weight is 619 g/mol. The monoisotopic (exact) mass is 619 g/mol. The van der Waals surface area contributed by atoms with Crippen molar-refractivity contribution in [1.82, 2.24) is 0 Å². The van der Waals surface area contributed by atoms with Crippen LogP contribution in [0.2, 0.25) is 0 Å². The van der Waals surface area contributed by atoms with Crippen LogP contribution < -0.4 is 0 Å². The Morgan fingerprint density at radius 3 is 0.909 bits per heavy atom. The molecule has 0 aromatic carbocycles. The maximum atomic E-state index is 11.9. The zero-order valence-corrected chi connectivity index (χ0v) is 30.6. The largest absolute Gasteiger partial charge is 0.463 e. The Hall–Kier alpha value is -0.790. The number of esters is 1. The Morgan fingerprint density at radius 2 is 0.614 bits per heavy atom. The summed E-state index contributed by atoms with van der Waals surface area (Å²) in [6.07, 6.45) is 53.4. The molecule has 0 radical (unpaired) electrons. The second kappa shape index (κ2) is 40.2. The first-order valence-electron chi connectivity index (χ1n) is 20.6. The summed E-state index contributed by atoms with van der Waals surface area (Å²) in [5.41, 5.74) is 0. The minimum absolute atomic E-state index is 0.149. The molecular formula is C42H82O2. The van der Waals surface area contributed by atoms with Crippen LogP contribution in [0.1, 0.15) is 245 Å². The lowest BCUT2D eigenvalue weighted by Crippen LogP contribution is -2.02. The smallest absolute Gasteiger partial charge is 0.330 e. The fourth-order valence-corrected chi connectivity index (χ4v) is 6.39. The molecule has 0 amide bonds. The van der Waals surface area contributed by atoms with Gasteiger partial charge in [-0.25, -0.2) is 4.79 Å². The Bertz CT molecular complexity index is 554. The summed E-state index contributed by atoms with van der Waals surface area (Å²) < 4.78 is 5.38. The van der Waals surface area contributed by atoms with Gasteiger partial charge in [0.15, 0.2) is 0 Å². The van der Waals surface area contributed by atoms with Gasteiger partial charge in [0.1, 0.15) is 0 Å². The molecule has 0 atom stereocenters. The number of allylic oxidation sites excluding steroid dienone is 1. The highest BCUT2D eigenvalue weighted by molar-refractivity contribution is 5.81. The van der Waals surface area contributed by atoms with Crippen LogP contribution in [0.3, 0.4) is 0 Å². The van der Waals surface area contributed by atoms with E-state index in [1.807, 2.05) is 6.08 Å². The predicted molar refractivity (Wildman–Crippen MR) is 198 cm³/mol. The standard InChI is InChI=1S/C42H82O2/c1-3-5-7-9-11-13-15-17-19-21-23-24-26-28-30-32-34-36-38-40-42(43)44-41-39-37-35-33-31-29-27-25-22-20-18-16-14-12-10-8-6-4-2/h38,40H,3-37,39,41H2,1-2H3/b40-38+. The number of ether oxygens (including phenoxy) is 1. The van der Waals surface area contributed by atoms with Crippen molar-refractivity contribution < 1.29 is 9.53 Å². The summed E-state index contributed by atoms with van der Waals surface area (Å²) in [5.74, 6) is -0.149. The van der Waals surface area contributed by atoms with Crippen molar-refractivity contribution in [2.24, 2.45) is 0 Å². The zero-order valence-electron chi connectivity index (χ0n) is 30.6. The molecule has 2 heteroatoms. The number of hydrogen-bond acceptors (Lipinski definition) is 2. The van der Waals surface area contributed by atoms with E-state index >= 15 is 0 Å². The fraction of sp³-hybridized carbons (Fsp3) is 0.929. The molecule has 0 fully saturated rings. The van der Waals surface area contributed by atoms with E-state index in [4.69, 9.17) is 4.74 Å². The molecule has 0 rings (SSSR count). The number of rotatable bonds is 38. The molecular weight excluding hydrogens is 536 g/mol. The quantitative estimate of drug-likeness (QED) is 0.0391. The van der Waals surface area contributed by atoms with E-state index in [-0.39, 0.29) is 5.97 Å². The first-order valence-corrected chi connectivity index (χ1v) is 20.6. The van der Waals surface area contributed by atoms with E-state index in [0.717, 1.165) is 12.8 Å². The van der Waals surface area contributed by atoms with Crippen molar-refractivity contribution in [2.45, 2.75) is 245 Å². The Morgan fingerprint density at radius 1 is 0.364 bits per heavy atom. The lowest BCUT2D eigenvalue weighted by Gasteiger charge is -2.04. The Balaban J connectivity index is 3.20. The van der Waals surface area contributed by atoms with Crippen molar-refractivity contribution in [2.75, 3.05) is 6.61 Å². The van der Waals surface area contributed by atoms with Gasteiger partial charge in [0.25, 0.3) is 0 Å². The van der Waals surface area contributed by atoms with E-state index in [1.54, 1.807) is 6.08 Å². The maximum Gasteiger partial charge on any atom is 0.330 e. The van der Waals surface area contributed by atoms with Gasteiger partial charge in [-0.15, -0.1) is 0 Å². The van der Waals surface area contributed by atoms with E-state index < -0.39 is 0 Å². The normalized spacial score (nSPS) is 11.6. The number of unbranched alkanes of at least 4 members (excludes halogenated alkanes) is 34. The number of carbonyl (C=O) groups excluding carboxylic acids is 1. The van der Waals surface area contributed by atoms with Crippen LogP contribution in [0.5, 0.6) is 0 Å². The lowest BCUT2D eigenvalue weighted by atomic mass is 10.0. The van der Waals surface area contributed by atoms with Crippen LogP contribution in [0.4, 0.5) is 0 Å². The van der Waals surface area contributed by atoms with Crippen LogP contribution in [-0.2, 0) is 9.53 Å². The van der Waals surface area contributed by atoms with E-state index in [2.05, 4.69) is 13.8 Å². The van der Waals surface area contributed by atoms with Crippen molar-refractivity contribution in [3.63, 3.8) is 0 Å². The molecule has 0 bridgehead atoms. The Kier molecular flexibility index (Phi) is 39.5. The van der Waals surface area contributed by atoms with Crippen molar-refractivity contribution in [1.29, 1.82) is 0 Å². The van der Waals surface area contributed by atoms with Gasteiger partial charge >= 0.3 is 5.97 Å². The van der Waals surface area contributed by atoms with Gasteiger partial charge < -0.3 is 4.74 Å². The van der Waals surface area contributed by atoms with Gasteiger partial charge in [-0.1, -0.05) is 232 Å². The maximum absolute atomic E-state index is 11.9. The summed E-state index contributed by atoms with van der Waals surface area (Å²) in [6, 6.07) is 0. The molecule has 0 aromatic heterocycles. The highest BCUT2D eigenvalue weighted by atomic mass is 16.5. The van der Waals surface area contributed by atoms with Crippen LogP contribution in [-0.4, -0.2) is 12.6 Å². The third-order valence-electron chi connectivity index (χ3n) is 9.47. The second-order valence-corrected chi connectivity index (χ2v) is 14.0. The molecule has 262 valence electrons. The molecule has 0 saturated heterocycles. The number of carbonyl (C=O) groups is 1. The van der Waals surface area contributed by atoms with Crippen molar-refractivity contribution >= 4 is 5.97 Å². The molecule has 0 aromatic rings. The first-order chi connectivity index (χ1) is 21.8. The van der Waals surface area contributed by atoms with Gasteiger partial charge in [0.05, 0.1) is 6.61 Å². The molecule has 0 heterocycles. The predicted octanol–water partition coefficient (Wildman–Crippen LogP) is 15.2. The number of hydrogen-bond donors (Lipinski definition) is 0. The van der Waals surface area contributed by atoms with Gasteiger partial charge in [-0.05, 0) is 19.3 Å². The van der Waals surface area contributed by atoms with Gasteiger partial charge in [0, 0.05) is 6.08 Å². The molecule has 0 spiro atoms. The lowest BCUT2D eigenvalue weighted by molar-refractivity contribution is -0.137. The third-order valence-corrected chi connectivity index (χ3v) is 9.47. The third kappa shape index (κ3) is 39.2. The molecule has 0 aliphatic carbocycles. The Labute approximate surface area is 278 Å². The van der Waals surface area contributed by atoms with Crippen LogP contribution in [0, 0.1) is 0 Å². The molecule has 0 unspecified atom stereocenters. The highest BCUT2D eigenvalue weighted by Gasteiger charge is 1.99. The SMILES string of the molecule is CCCCCCCCCCCCCCCCCCC/C=C/C(=O)OCCCCCCCCCCCCCCCCCCCC. The van der Waals surface area contributed by atoms with Gasteiger partial charge in [-0.2, -0.15) is 0 Å². The summed E-state index contributed by atoms with van der Waals surface area (Å²) in [4.78, 5) is 11.9. The van der Waals surface area contributed by atoms with Crippen LogP contribution in [0.25, 0.3) is 0 Å². The minimum atomic E-state index is -0.149. The fourth-order valence-electron chi connectivity index (χ4n) is 6.39. The van der Waals surface area contributed by atoms with Gasteiger partial charge in [0.2, 0.25) is 0 Å². The minimum Gasteiger partial charge on any atom is -0.463 e. The van der Waals surface area contributed by atoms with Crippen LogP contribution in [0.15, 0.2) is 12.2 Å². The molecule has 0 N–H and O–H groups in total. The second-order valence-electron chi connectivity index (χ2n) is 14.0. The molecule has 44 heavy (non-hydrogen) atoms. The van der Waals surface area contributed by atoms with E-state index in [9.17, 15) is 4.79 Å². The summed E-state index contributed by atoms with van der Waals surface area (Å²) in [5, 5.41) is 0.